The minimum atomic E-state index is -0.947. The predicted molar refractivity (Wildman–Crippen MR) is 139 cm³/mol. The average molecular weight is 504 g/mol. The predicted octanol–water partition coefficient (Wildman–Crippen LogP) is 5.21. The molecule has 0 atom stereocenters. The number of carbonyl (C=O) groups excluding carboxylic acids is 1. The van der Waals surface area contributed by atoms with Crippen molar-refractivity contribution in [3.8, 4) is 0 Å². The van der Waals surface area contributed by atoms with E-state index in [1.165, 1.54) is 6.07 Å². The molecule has 5 rings (SSSR count). The number of nitrogens with one attached hydrogen (secondary N) is 2. The van der Waals surface area contributed by atoms with Crippen molar-refractivity contribution >= 4 is 28.5 Å². The third-order valence-corrected chi connectivity index (χ3v) is 6.20. The molecule has 2 N–H and O–H groups in total. The van der Waals surface area contributed by atoms with Crippen LogP contribution in [0.25, 0.3) is 10.9 Å². The van der Waals surface area contributed by atoms with Gasteiger partial charge in [-0.05, 0) is 53.9 Å². The zero-order valence-corrected chi connectivity index (χ0v) is 20.6. The molecule has 3 heterocycles. The second-order valence-electron chi connectivity index (χ2n) is 9.15. The van der Waals surface area contributed by atoms with Gasteiger partial charge in [0.2, 0.25) is 0 Å². The number of pyridine rings is 1. The van der Waals surface area contributed by atoms with Gasteiger partial charge in [0.25, 0.3) is 11.9 Å². The number of amides is 1. The number of anilines is 1. The van der Waals surface area contributed by atoms with Gasteiger partial charge >= 0.3 is 0 Å². The zero-order valence-electron chi connectivity index (χ0n) is 20.6. The van der Waals surface area contributed by atoms with Gasteiger partial charge in [-0.2, -0.15) is 0 Å². The molecule has 2 aromatic heterocycles. The maximum atomic E-state index is 13.7. The van der Waals surface area contributed by atoms with E-state index in [4.69, 9.17) is 4.74 Å². The summed E-state index contributed by atoms with van der Waals surface area (Å²) in [6.07, 6.45) is 1.74. The number of hydrogen-bond acceptors (Lipinski definition) is 5. The Morgan fingerprint density at radius 2 is 1.97 bits per heavy atom. The summed E-state index contributed by atoms with van der Waals surface area (Å²) in [7, 11) is 0. The first-order valence-corrected chi connectivity index (χ1v) is 12.1. The van der Waals surface area contributed by atoms with E-state index >= 15 is 0 Å². The number of rotatable bonds is 7. The summed E-state index contributed by atoms with van der Waals surface area (Å²) in [6, 6.07) is 15.6. The summed E-state index contributed by atoms with van der Waals surface area (Å²) in [6.45, 7) is 5.77. The molecule has 9 heteroatoms. The van der Waals surface area contributed by atoms with Crippen molar-refractivity contribution < 1.29 is 18.3 Å². The van der Waals surface area contributed by atoms with E-state index in [-0.39, 0.29) is 18.4 Å². The van der Waals surface area contributed by atoms with Crippen molar-refractivity contribution in [3.05, 3.63) is 94.9 Å². The number of aliphatic imine (C=N–C) groups is 1. The summed E-state index contributed by atoms with van der Waals surface area (Å²) < 4.78 is 34.6. The molecule has 190 valence electrons. The Bertz CT molecular complexity index is 1480. The SMILES string of the molecule is CC(C)c1c(C(=O)NCc2ccc(F)c(F)c2)c2ccc(NC3=NCCO3)cc2n1Cc1ccccn1. The molecule has 0 aliphatic carbocycles. The third kappa shape index (κ3) is 5.16. The average Bonchev–Trinajstić information content (AvgIpc) is 3.51. The van der Waals surface area contributed by atoms with E-state index in [1.54, 1.807) is 6.20 Å². The summed E-state index contributed by atoms with van der Waals surface area (Å²) in [5.74, 6) is -2.15. The lowest BCUT2D eigenvalue weighted by atomic mass is 10.0. The third-order valence-electron chi connectivity index (χ3n) is 6.20. The van der Waals surface area contributed by atoms with E-state index in [0.29, 0.717) is 36.8 Å². The van der Waals surface area contributed by atoms with Crippen molar-refractivity contribution in [1.29, 1.82) is 0 Å². The first kappa shape index (κ1) is 24.4. The molecule has 1 amide bonds. The standard InChI is InChI=1S/C28H27F2N5O2/c1-17(2)26-25(27(36)33-15-18-6-9-22(29)23(30)13-18)21-8-7-19(34-28-32-11-12-37-28)14-24(21)35(26)16-20-5-3-4-10-31-20/h3-10,13-14,17H,11-12,15-16H2,1-2H3,(H,32,34)(H,33,36). The highest BCUT2D eigenvalue weighted by atomic mass is 19.2. The Kier molecular flexibility index (Phi) is 6.85. The first-order chi connectivity index (χ1) is 17.9. The van der Waals surface area contributed by atoms with Crippen LogP contribution in [0.1, 0.15) is 47.1 Å². The number of carbonyl (C=O) groups is 1. The van der Waals surface area contributed by atoms with Crippen LogP contribution in [0.3, 0.4) is 0 Å². The van der Waals surface area contributed by atoms with Crippen molar-refractivity contribution in [2.24, 2.45) is 4.99 Å². The molecule has 0 spiro atoms. The molecular weight excluding hydrogens is 476 g/mol. The normalized spacial score (nSPS) is 13.1. The first-order valence-electron chi connectivity index (χ1n) is 12.1. The number of nitrogens with zero attached hydrogens (tertiary/aromatic N) is 3. The summed E-state index contributed by atoms with van der Waals surface area (Å²) in [5.41, 5.74) is 4.38. The fourth-order valence-electron chi connectivity index (χ4n) is 4.56. The lowest BCUT2D eigenvalue weighted by molar-refractivity contribution is 0.0951. The summed E-state index contributed by atoms with van der Waals surface area (Å²) in [4.78, 5) is 22.4. The number of aromatic nitrogens is 2. The van der Waals surface area contributed by atoms with Gasteiger partial charge in [0.15, 0.2) is 11.6 Å². The van der Waals surface area contributed by atoms with E-state index in [0.717, 1.165) is 40.1 Å². The molecule has 1 aliphatic rings. The van der Waals surface area contributed by atoms with Crippen LogP contribution in [0.2, 0.25) is 0 Å². The van der Waals surface area contributed by atoms with Crippen LogP contribution >= 0.6 is 0 Å². The Balaban J connectivity index is 1.56. The quantitative estimate of drug-likeness (QED) is 0.363. The molecule has 0 saturated carbocycles. The monoisotopic (exact) mass is 503 g/mol. The van der Waals surface area contributed by atoms with Gasteiger partial charge in [-0.1, -0.05) is 26.0 Å². The number of ether oxygens (including phenoxy) is 1. The largest absolute Gasteiger partial charge is 0.463 e. The smallest absolute Gasteiger partial charge is 0.289 e. The number of benzene rings is 2. The highest BCUT2D eigenvalue weighted by Gasteiger charge is 2.25. The van der Waals surface area contributed by atoms with E-state index < -0.39 is 11.6 Å². The molecule has 0 fully saturated rings. The van der Waals surface area contributed by atoms with E-state index in [9.17, 15) is 13.6 Å². The summed E-state index contributed by atoms with van der Waals surface area (Å²) >= 11 is 0. The molecule has 7 nitrogen and oxygen atoms in total. The van der Waals surface area contributed by atoms with Gasteiger partial charge in [0.05, 0.1) is 29.9 Å². The van der Waals surface area contributed by atoms with Crippen LogP contribution in [0.4, 0.5) is 14.5 Å². The number of amidine groups is 1. The minimum Gasteiger partial charge on any atom is -0.463 e. The highest BCUT2D eigenvalue weighted by Crippen LogP contribution is 2.34. The maximum absolute atomic E-state index is 13.7. The van der Waals surface area contributed by atoms with Gasteiger partial charge in [-0.25, -0.2) is 13.8 Å². The highest BCUT2D eigenvalue weighted by molar-refractivity contribution is 6.09. The molecule has 0 bridgehead atoms. The zero-order chi connectivity index (χ0) is 25.9. The van der Waals surface area contributed by atoms with Crippen LogP contribution in [0.15, 0.2) is 65.8 Å². The van der Waals surface area contributed by atoms with Crippen LogP contribution < -0.4 is 10.6 Å². The van der Waals surface area contributed by atoms with Crippen molar-refractivity contribution in [2.45, 2.75) is 32.9 Å². The Morgan fingerprint density at radius 1 is 1.11 bits per heavy atom. The lowest BCUT2D eigenvalue weighted by Crippen LogP contribution is -2.24. The number of hydrogen-bond donors (Lipinski definition) is 2. The second-order valence-corrected chi connectivity index (χ2v) is 9.15. The summed E-state index contributed by atoms with van der Waals surface area (Å²) in [5, 5.41) is 6.87. The Hall–Kier alpha value is -4.27. The second kappa shape index (κ2) is 10.4. The van der Waals surface area contributed by atoms with Gasteiger partial charge in [0.1, 0.15) is 6.61 Å². The molecule has 37 heavy (non-hydrogen) atoms. The lowest BCUT2D eigenvalue weighted by Gasteiger charge is -2.15. The van der Waals surface area contributed by atoms with Crippen LogP contribution in [0.5, 0.6) is 0 Å². The topological polar surface area (TPSA) is 80.5 Å². The van der Waals surface area contributed by atoms with Gasteiger partial charge in [-0.3, -0.25) is 9.78 Å². The Labute approximate surface area is 213 Å². The maximum Gasteiger partial charge on any atom is 0.289 e. The van der Waals surface area contributed by atoms with Crippen LogP contribution in [0, 0.1) is 11.6 Å². The molecule has 4 aromatic rings. The molecule has 0 radical (unpaired) electrons. The van der Waals surface area contributed by atoms with Crippen molar-refractivity contribution in [3.63, 3.8) is 0 Å². The minimum absolute atomic E-state index is 0.0130. The molecule has 1 aliphatic heterocycles. The van der Waals surface area contributed by atoms with Crippen molar-refractivity contribution in [2.75, 3.05) is 18.5 Å². The number of halogens is 2. The Morgan fingerprint density at radius 3 is 2.68 bits per heavy atom. The van der Waals surface area contributed by atoms with Crippen molar-refractivity contribution in [1.82, 2.24) is 14.9 Å². The van der Waals surface area contributed by atoms with Gasteiger partial charge in [0, 0.05) is 29.5 Å². The molecular formula is C28H27F2N5O2. The fourth-order valence-corrected chi connectivity index (χ4v) is 4.56. The molecule has 0 saturated heterocycles. The van der Waals surface area contributed by atoms with E-state index in [1.807, 2.05) is 50.2 Å². The molecule has 0 unspecified atom stereocenters. The van der Waals surface area contributed by atoms with Gasteiger partial charge in [-0.15, -0.1) is 0 Å². The number of fused-ring (bicyclic) bond motifs is 1. The fraction of sp³-hybridized carbons (Fsp3) is 0.250. The van der Waals surface area contributed by atoms with Crippen LogP contribution in [-0.4, -0.2) is 34.6 Å². The van der Waals surface area contributed by atoms with E-state index in [2.05, 4.69) is 25.2 Å². The van der Waals surface area contributed by atoms with Crippen LogP contribution in [-0.2, 0) is 17.8 Å². The van der Waals surface area contributed by atoms with Gasteiger partial charge < -0.3 is 19.9 Å². The molecule has 2 aromatic carbocycles.